The van der Waals surface area contributed by atoms with Crippen LogP contribution in [0.4, 0.5) is 0 Å². The van der Waals surface area contributed by atoms with E-state index in [0.29, 0.717) is 18.9 Å². The molecule has 1 amide bonds. The summed E-state index contributed by atoms with van der Waals surface area (Å²) in [6.45, 7) is 2.57. The molecule has 6 heteroatoms. The Bertz CT molecular complexity index is 643. The zero-order chi connectivity index (χ0) is 14.7. The van der Waals surface area contributed by atoms with Gasteiger partial charge in [-0.1, -0.05) is 12.1 Å². The molecular weight excluding hydrogens is 270 g/mol. The Balaban J connectivity index is 1.56. The smallest absolute Gasteiger partial charge is 0.271 e. The van der Waals surface area contributed by atoms with Crippen LogP contribution in [-0.2, 0) is 0 Å². The molecule has 2 heterocycles. The lowest BCUT2D eigenvalue weighted by Crippen LogP contribution is -2.41. The fraction of sp³-hybridized carbons (Fsp3) is 0.267. The summed E-state index contributed by atoms with van der Waals surface area (Å²) in [6, 6.07) is 7.46. The number of fused-ring (bicyclic) bond motifs is 1. The van der Waals surface area contributed by atoms with Gasteiger partial charge in [-0.2, -0.15) is 0 Å². The predicted molar refractivity (Wildman–Crippen MR) is 75.5 cm³/mol. The van der Waals surface area contributed by atoms with Gasteiger partial charge in [-0.05, 0) is 19.1 Å². The molecule has 1 aliphatic heterocycles. The van der Waals surface area contributed by atoms with Crippen LogP contribution in [-0.4, -0.2) is 35.1 Å². The van der Waals surface area contributed by atoms with Crippen molar-refractivity contribution >= 4 is 5.91 Å². The van der Waals surface area contributed by atoms with Crippen LogP contribution in [0.15, 0.2) is 36.7 Å². The number of nitrogens with one attached hydrogen (secondary N) is 1. The number of benzene rings is 1. The third kappa shape index (κ3) is 3.10. The van der Waals surface area contributed by atoms with E-state index in [-0.39, 0.29) is 17.7 Å². The standard InChI is InChI=1S/C15H15N3O3/c1-10-6-17-12(8-16-10)15(19)18-7-11-9-20-13-4-2-3-5-14(13)21-11/h2-6,8,11H,7,9H2,1H3,(H,18,19)/t11-/m1/s1. The highest BCUT2D eigenvalue weighted by atomic mass is 16.6. The first-order valence-electron chi connectivity index (χ1n) is 6.68. The molecule has 2 aromatic rings. The molecule has 21 heavy (non-hydrogen) atoms. The van der Waals surface area contributed by atoms with E-state index in [1.807, 2.05) is 31.2 Å². The van der Waals surface area contributed by atoms with Gasteiger partial charge in [0.25, 0.3) is 5.91 Å². The maximum absolute atomic E-state index is 11.9. The second kappa shape index (κ2) is 5.78. The van der Waals surface area contributed by atoms with Crippen molar-refractivity contribution in [1.29, 1.82) is 0 Å². The van der Waals surface area contributed by atoms with Gasteiger partial charge in [0.05, 0.1) is 18.4 Å². The van der Waals surface area contributed by atoms with Crippen LogP contribution in [0.3, 0.4) is 0 Å². The van der Waals surface area contributed by atoms with E-state index in [1.54, 1.807) is 6.20 Å². The zero-order valence-electron chi connectivity index (χ0n) is 11.6. The lowest BCUT2D eigenvalue weighted by atomic mass is 10.2. The number of hydrogen-bond donors (Lipinski definition) is 1. The summed E-state index contributed by atoms with van der Waals surface area (Å²) in [5.74, 6) is 1.15. The van der Waals surface area contributed by atoms with Crippen molar-refractivity contribution in [1.82, 2.24) is 15.3 Å². The first-order chi connectivity index (χ1) is 10.2. The molecule has 1 aromatic carbocycles. The summed E-state index contributed by atoms with van der Waals surface area (Å²) in [6.07, 6.45) is 2.80. The molecule has 0 radical (unpaired) electrons. The maximum atomic E-state index is 11.9. The molecule has 0 unspecified atom stereocenters. The van der Waals surface area contributed by atoms with E-state index < -0.39 is 0 Å². The van der Waals surface area contributed by atoms with E-state index >= 15 is 0 Å². The molecular formula is C15H15N3O3. The van der Waals surface area contributed by atoms with Crippen molar-refractivity contribution in [2.24, 2.45) is 0 Å². The van der Waals surface area contributed by atoms with Crippen LogP contribution >= 0.6 is 0 Å². The molecule has 0 saturated heterocycles. The van der Waals surface area contributed by atoms with Gasteiger partial charge in [-0.15, -0.1) is 0 Å². The normalized spacial score (nSPS) is 16.3. The van der Waals surface area contributed by atoms with Crippen molar-refractivity contribution in [3.8, 4) is 11.5 Å². The molecule has 0 saturated carbocycles. The fourth-order valence-corrected chi connectivity index (χ4v) is 1.97. The predicted octanol–water partition coefficient (Wildman–Crippen LogP) is 1.35. The number of aromatic nitrogens is 2. The molecule has 1 aliphatic rings. The van der Waals surface area contributed by atoms with Gasteiger partial charge in [0.15, 0.2) is 11.5 Å². The molecule has 1 atom stereocenters. The lowest BCUT2D eigenvalue weighted by Gasteiger charge is -2.26. The van der Waals surface area contributed by atoms with Crippen LogP contribution in [0.25, 0.3) is 0 Å². The summed E-state index contributed by atoms with van der Waals surface area (Å²) in [5.41, 5.74) is 1.06. The quantitative estimate of drug-likeness (QED) is 0.921. The molecule has 1 aromatic heterocycles. The molecule has 1 N–H and O–H groups in total. The van der Waals surface area contributed by atoms with E-state index in [9.17, 15) is 4.79 Å². The number of para-hydroxylation sites is 2. The van der Waals surface area contributed by atoms with Crippen molar-refractivity contribution in [3.63, 3.8) is 0 Å². The highest BCUT2D eigenvalue weighted by Crippen LogP contribution is 2.30. The van der Waals surface area contributed by atoms with Crippen LogP contribution in [0.5, 0.6) is 11.5 Å². The summed E-state index contributed by atoms with van der Waals surface area (Å²) in [4.78, 5) is 20.0. The van der Waals surface area contributed by atoms with Crippen molar-refractivity contribution in [2.75, 3.05) is 13.2 Å². The molecule has 0 aliphatic carbocycles. The van der Waals surface area contributed by atoms with Gasteiger partial charge >= 0.3 is 0 Å². The van der Waals surface area contributed by atoms with E-state index in [4.69, 9.17) is 9.47 Å². The Morgan fingerprint density at radius 3 is 2.86 bits per heavy atom. The zero-order valence-corrected chi connectivity index (χ0v) is 11.6. The molecule has 0 bridgehead atoms. The Labute approximate surface area is 122 Å². The van der Waals surface area contributed by atoms with Gasteiger partial charge in [0, 0.05) is 6.20 Å². The summed E-state index contributed by atoms with van der Waals surface area (Å²) < 4.78 is 11.3. The monoisotopic (exact) mass is 285 g/mol. The number of ether oxygens (including phenoxy) is 2. The van der Waals surface area contributed by atoms with Gasteiger partial charge < -0.3 is 14.8 Å². The van der Waals surface area contributed by atoms with Crippen LogP contribution in [0, 0.1) is 6.92 Å². The number of carbonyl (C=O) groups excluding carboxylic acids is 1. The third-order valence-electron chi connectivity index (χ3n) is 3.07. The topological polar surface area (TPSA) is 73.3 Å². The van der Waals surface area contributed by atoms with Gasteiger partial charge in [-0.25, -0.2) is 4.98 Å². The van der Waals surface area contributed by atoms with E-state index in [2.05, 4.69) is 15.3 Å². The second-order valence-corrected chi connectivity index (χ2v) is 4.75. The number of amides is 1. The molecule has 3 rings (SSSR count). The van der Waals surface area contributed by atoms with Gasteiger partial charge in [0.2, 0.25) is 0 Å². The Morgan fingerprint density at radius 1 is 1.29 bits per heavy atom. The minimum atomic E-state index is -0.273. The molecule has 6 nitrogen and oxygen atoms in total. The summed E-state index contributed by atoms with van der Waals surface area (Å²) >= 11 is 0. The fourth-order valence-electron chi connectivity index (χ4n) is 1.97. The maximum Gasteiger partial charge on any atom is 0.271 e. The third-order valence-corrected chi connectivity index (χ3v) is 3.07. The Morgan fingerprint density at radius 2 is 2.10 bits per heavy atom. The Kier molecular flexibility index (Phi) is 3.68. The highest BCUT2D eigenvalue weighted by Gasteiger charge is 2.21. The van der Waals surface area contributed by atoms with Crippen LogP contribution < -0.4 is 14.8 Å². The van der Waals surface area contributed by atoms with E-state index in [0.717, 1.165) is 11.4 Å². The number of aryl methyl sites for hydroxylation is 1. The number of hydrogen-bond acceptors (Lipinski definition) is 5. The van der Waals surface area contributed by atoms with Crippen LogP contribution in [0.2, 0.25) is 0 Å². The van der Waals surface area contributed by atoms with Gasteiger partial charge in [-0.3, -0.25) is 9.78 Å². The number of carbonyl (C=O) groups is 1. The minimum absolute atomic E-state index is 0.220. The molecule has 0 spiro atoms. The lowest BCUT2D eigenvalue weighted by molar-refractivity contribution is 0.0786. The summed E-state index contributed by atoms with van der Waals surface area (Å²) in [7, 11) is 0. The summed E-state index contributed by atoms with van der Waals surface area (Å²) in [5, 5.41) is 2.77. The van der Waals surface area contributed by atoms with Gasteiger partial charge in [0.1, 0.15) is 18.4 Å². The average molecular weight is 285 g/mol. The second-order valence-electron chi connectivity index (χ2n) is 4.75. The molecule has 0 fully saturated rings. The van der Waals surface area contributed by atoms with Crippen molar-refractivity contribution < 1.29 is 14.3 Å². The number of nitrogens with zero attached hydrogens (tertiary/aromatic N) is 2. The number of rotatable bonds is 3. The minimum Gasteiger partial charge on any atom is -0.486 e. The van der Waals surface area contributed by atoms with Crippen molar-refractivity contribution in [3.05, 3.63) is 48.0 Å². The Hall–Kier alpha value is -2.63. The first-order valence-corrected chi connectivity index (χ1v) is 6.68. The average Bonchev–Trinajstić information content (AvgIpc) is 2.53. The molecule has 108 valence electrons. The largest absolute Gasteiger partial charge is 0.486 e. The van der Waals surface area contributed by atoms with Crippen LogP contribution in [0.1, 0.15) is 16.2 Å². The van der Waals surface area contributed by atoms with Crippen molar-refractivity contribution in [2.45, 2.75) is 13.0 Å². The van der Waals surface area contributed by atoms with E-state index in [1.165, 1.54) is 6.20 Å². The highest BCUT2D eigenvalue weighted by molar-refractivity contribution is 5.91. The SMILES string of the molecule is Cc1cnc(C(=O)NC[C@@H]2COc3ccccc3O2)cn1. The first kappa shape index (κ1) is 13.4.